The number of hydrogen-bond acceptors (Lipinski definition) is 3. The maximum absolute atomic E-state index is 10.9. The minimum Gasteiger partial charge on any atom is -0.264 e. The third kappa shape index (κ3) is 1.60. The van der Waals surface area contributed by atoms with Crippen LogP contribution in [0, 0.1) is 0 Å². The van der Waals surface area contributed by atoms with Gasteiger partial charge in [-0.05, 0) is 6.42 Å². The molecule has 0 saturated carbocycles. The molecule has 0 fully saturated rings. The van der Waals surface area contributed by atoms with Crippen molar-refractivity contribution in [1.82, 2.24) is 10.2 Å². The summed E-state index contributed by atoms with van der Waals surface area (Å²) in [7, 11) is -3.73. The first-order valence-electron chi connectivity index (χ1n) is 3.22. The molecule has 0 aromatic carbocycles. The average molecular weight is 210 g/mol. The van der Waals surface area contributed by atoms with Gasteiger partial charge in [-0.2, -0.15) is 5.10 Å². The van der Waals surface area contributed by atoms with Gasteiger partial charge in [-0.3, -0.25) is 5.10 Å². The first-order chi connectivity index (χ1) is 5.46. The molecule has 0 aliphatic carbocycles. The molecule has 0 atom stereocenters. The van der Waals surface area contributed by atoms with Gasteiger partial charge < -0.3 is 0 Å². The minimum absolute atomic E-state index is 0.102. The zero-order valence-corrected chi connectivity index (χ0v) is 7.91. The van der Waals surface area contributed by atoms with Crippen molar-refractivity contribution in [2.75, 3.05) is 0 Å². The van der Waals surface area contributed by atoms with Crippen LogP contribution in [0.3, 0.4) is 0 Å². The highest BCUT2D eigenvalue weighted by Crippen LogP contribution is 2.19. The van der Waals surface area contributed by atoms with E-state index >= 15 is 0 Å². The van der Waals surface area contributed by atoms with Crippen LogP contribution in [-0.4, -0.2) is 18.6 Å². The molecule has 1 aromatic heterocycles. The van der Waals surface area contributed by atoms with E-state index in [1.165, 1.54) is 0 Å². The van der Waals surface area contributed by atoms with Gasteiger partial charge >= 0.3 is 0 Å². The van der Waals surface area contributed by atoms with Gasteiger partial charge in [0, 0.05) is 5.56 Å². The number of rotatable bonds is 2. The van der Waals surface area contributed by atoms with Crippen molar-refractivity contribution in [3.63, 3.8) is 0 Å². The van der Waals surface area contributed by atoms with E-state index in [-0.39, 0.29) is 10.2 Å². The Labute approximate surface area is 75.0 Å². The second kappa shape index (κ2) is 3.04. The van der Waals surface area contributed by atoms with E-state index in [1.54, 1.807) is 6.92 Å². The number of hydrogen-bond donors (Lipinski definition) is 2. The molecule has 0 aliphatic rings. The van der Waals surface area contributed by atoms with Crippen LogP contribution in [0.15, 0.2) is 5.03 Å². The number of aromatic amines is 1. The van der Waals surface area contributed by atoms with E-state index in [2.05, 4.69) is 10.2 Å². The number of nitrogens with two attached hydrogens (primary N) is 1. The van der Waals surface area contributed by atoms with E-state index in [0.717, 1.165) is 0 Å². The first-order valence-corrected chi connectivity index (χ1v) is 5.14. The molecular formula is C5H8ClN3O2S. The van der Waals surface area contributed by atoms with Crippen LogP contribution in [0.5, 0.6) is 0 Å². The monoisotopic (exact) mass is 209 g/mol. The molecule has 68 valence electrons. The Hall–Kier alpha value is -0.590. The lowest BCUT2D eigenvalue weighted by molar-refractivity contribution is 0.592. The number of halogens is 1. The summed E-state index contributed by atoms with van der Waals surface area (Å²) >= 11 is 5.59. The van der Waals surface area contributed by atoms with Gasteiger partial charge in [0.15, 0.2) is 10.2 Å². The summed E-state index contributed by atoms with van der Waals surface area (Å²) < 4.78 is 21.7. The molecule has 0 spiro atoms. The molecule has 0 saturated heterocycles. The molecule has 0 aliphatic heterocycles. The van der Waals surface area contributed by atoms with Crippen molar-refractivity contribution in [2.24, 2.45) is 5.14 Å². The van der Waals surface area contributed by atoms with Crippen molar-refractivity contribution in [3.05, 3.63) is 10.7 Å². The molecule has 7 heteroatoms. The van der Waals surface area contributed by atoms with Gasteiger partial charge in [-0.25, -0.2) is 13.6 Å². The van der Waals surface area contributed by atoms with Crippen LogP contribution in [0.4, 0.5) is 0 Å². The first kappa shape index (κ1) is 9.50. The molecule has 0 radical (unpaired) electrons. The highest BCUT2D eigenvalue weighted by atomic mass is 35.5. The fourth-order valence-electron chi connectivity index (χ4n) is 0.870. The lowest BCUT2D eigenvalue weighted by Crippen LogP contribution is -2.14. The van der Waals surface area contributed by atoms with Crippen molar-refractivity contribution in [3.8, 4) is 0 Å². The largest absolute Gasteiger partial charge is 0.264 e. The van der Waals surface area contributed by atoms with Gasteiger partial charge in [0.25, 0.3) is 10.0 Å². The Morgan fingerprint density at radius 3 is 2.58 bits per heavy atom. The molecule has 1 heterocycles. The summed E-state index contributed by atoms with van der Waals surface area (Å²) in [4.78, 5) is 0. The topological polar surface area (TPSA) is 88.8 Å². The summed E-state index contributed by atoms with van der Waals surface area (Å²) in [5, 5.41) is 10.7. The number of aromatic nitrogens is 2. The maximum Gasteiger partial charge on any atom is 0.255 e. The Morgan fingerprint density at radius 1 is 1.67 bits per heavy atom. The summed E-state index contributed by atoms with van der Waals surface area (Å²) in [6.45, 7) is 1.77. The molecule has 5 nitrogen and oxygen atoms in total. The maximum atomic E-state index is 10.9. The molecule has 0 unspecified atom stereocenters. The van der Waals surface area contributed by atoms with Crippen LogP contribution in [0.2, 0.25) is 5.15 Å². The van der Waals surface area contributed by atoms with Crippen molar-refractivity contribution in [2.45, 2.75) is 18.4 Å². The Bertz CT molecular complexity index is 383. The fraction of sp³-hybridized carbons (Fsp3) is 0.400. The lowest BCUT2D eigenvalue weighted by atomic mass is 10.3. The van der Waals surface area contributed by atoms with Crippen molar-refractivity contribution >= 4 is 21.6 Å². The summed E-state index contributed by atoms with van der Waals surface area (Å²) in [6.07, 6.45) is 0.473. The van der Waals surface area contributed by atoms with Crippen LogP contribution in [-0.2, 0) is 16.4 Å². The Morgan fingerprint density at radius 2 is 2.25 bits per heavy atom. The molecule has 1 aromatic rings. The van der Waals surface area contributed by atoms with Crippen LogP contribution in [0.1, 0.15) is 12.5 Å². The number of nitrogens with zero attached hydrogens (tertiary/aromatic N) is 1. The Kier molecular flexibility index (Phi) is 2.41. The molecule has 0 amide bonds. The third-order valence-electron chi connectivity index (χ3n) is 1.42. The number of sulfonamides is 1. The highest BCUT2D eigenvalue weighted by molar-refractivity contribution is 7.89. The van der Waals surface area contributed by atoms with Crippen LogP contribution in [0.25, 0.3) is 0 Å². The summed E-state index contributed by atoms with van der Waals surface area (Å²) in [5.74, 6) is 0. The summed E-state index contributed by atoms with van der Waals surface area (Å²) in [5.41, 5.74) is 0.430. The highest BCUT2D eigenvalue weighted by Gasteiger charge is 2.18. The SMILES string of the molecule is CCc1c(Cl)n[nH]c1S(N)(=O)=O. The zero-order valence-electron chi connectivity index (χ0n) is 6.33. The van der Waals surface area contributed by atoms with Gasteiger partial charge in [-0.1, -0.05) is 18.5 Å². The van der Waals surface area contributed by atoms with Crippen molar-refractivity contribution in [1.29, 1.82) is 0 Å². The molecular weight excluding hydrogens is 202 g/mol. The quantitative estimate of drug-likeness (QED) is 0.733. The second-order valence-electron chi connectivity index (χ2n) is 2.22. The molecule has 3 N–H and O–H groups in total. The van der Waals surface area contributed by atoms with Crippen molar-refractivity contribution < 1.29 is 8.42 Å². The minimum atomic E-state index is -3.73. The number of nitrogens with one attached hydrogen (secondary N) is 1. The van der Waals surface area contributed by atoms with Crippen LogP contribution >= 0.6 is 11.6 Å². The second-order valence-corrected chi connectivity index (χ2v) is 4.08. The lowest BCUT2D eigenvalue weighted by Gasteiger charge is -1.95. The molecule has 1 rings (SSSR count). The van der Waals surface area contributed by atoms with Crippen LogP contribution < -0.4 is 5.14 Å². The number of H-pyrrole nitrogens is 1. The van der Waals surface area contributed by atoms with Gasteiger partial charge in [0.2, 0.25) is 0 Å². The number of primary sulfonamides is 1. The van der Waals surface area contributed by atoms with Gasteiger partial charge in [-0.15, -0.1) is 0 Å². The zero-order chi connectivity index (χ0) is 9.35. The van der Waals surface area contributed by atoms with E-state index < -0.39 is 10.0 Å². The summed E-state index contributed by atoms with van der Waals surface area (Å²) in [6, 6.07) is 0. The Balaban J connectivity index is 3.36. The smallest absolute Gasteiger partial charge is 0.255 e. The molecule has 12 heavy (non-hydrogen) atoms. The fourth-order valence-corrected chi connectivity index (χ4v) is 1.95. The third-order valence-corrected chi connectivity index (χ3v) is 2.64. The van der Waals surface area contributed by atoms with E-state index in [9.17, 15) is 8.42 Å². The average Bonchev–Trinajstić information content (AvgIpc) is 2.29. The normalized spacial score (nSPS) is 11.9. The molecule has 0 bridgehead atoms. The van der Waals surface area contributed by atoms with E-state index in [1.807, 2.05) is 0 Å². The predicted molar refractivity (Wildman–Crippen MR) is 44.3 cm³/mol. The predicted octanol–water partition coefficient (Wildman–Crippen LogP) is 0.273. The standard InChI is InChI=1S/C5H8ClN3O2S/c1-2-3-4(6)8-9-5(3)12(7,10)11/h2H2,1H3,(H,8,9)(H2,7,10,11). The van der Waals surface area contributed by atoms with E-state index in [4.69, 9.17) is 16.7 Å². The van der Waals surface area contributed by atoms with Gasteiger partial charge in [0.05, 0.1) is 0 Å². The van der Waals surface area contributed by atoms with E-state index in [0.29, 0.717) is 12.0 Å². The van der Waals surface area contributed by atoms with Gasteiger partial charge in [0.1, 0.15) is 0 Å².